The molecule has 12 heteroatoms. The van der Waals surface area contributed by atoms with Crippen molar-refractivity contribution in [2.24, 2.45) is 27.7 Å². The molecule has 0 aromatic carbocycles. The minimum Gasteiger partial charge on any atom is -0.376 e. The van der Waals surface area contributed by atoms with Gasteiger partial charge in [-0.3, -0.25) is 14.4 Å². The number of ether oxygens (including phenoxy) is 3. The molecule has 1 atom stereocenters. The van der Waals surface area contributed by atoms with Crippen LogP contribution in [-0.4, -0.2) is 100 Å². The molecule has 0 aliphatic heterocycles. The number of hydrogen-bond acceptors (Lipinski definition) is 9. The van der Waals surface area contributed by atoms with E-state index in [9.17, 15) is 14.4 Å². The van der Waals surface area contributed by atoms with E-state index >= 15 is 0 Å². The molecule has 0 heterocycles. The lowest BCUT2D eigenvalue weighted by Gasteiger charge is -2.31. The van der Waals surface area contributed by atoms with Gasteiger partial charge in [-0.25, -0.2) is 0 Å². The summed E-state index contributed by atoms with van der Waals surface area (Å²) < 4.78 is 18.5. The number of nitrogens with two attached hydrogens (primary N) is 2. The van der Waals surface area contributed by atoms with Crippen LogP contribution in [0.3, 0.4) is 0 Å². The van der Waals surface area contributed by atoms with E-state index in [-0.39, 0.29) is 39.8 Å². The first-order valence-corrected chi connectivity index (χ1v) is 20.6. The Kier molecular flexibility index (Phi) is 23.9. The lowest BCUT2D eigenvalue weighted by atomic mass is 9.88. The van der Waals surface area contributed by atoms with Crippen molar-refractivity contribution in [2.45, 2.75) is 177 Å². The van der Waals surface area contributed by atoms with Crippen molar-refractivity contribution >= 4 is 17.7 Å². The Morgan fingerprint density at radius 2 is 1.09 bits per heavy atom. The molecule has 0 aliphatic rings. The fraction of sp³-hybridized carbons (Fsp3) is 0.929. The maximum Gasteiger partial charge on any atom is 0.236 e. The van der Waals surface area contributed by atoms with E-state index in [0.29, 0.717) is 71.7 Å². The Balaban J connectivity index is 4.40. The number of rotatable bonds is 32. The number of carbonyl (C=O) groups is 3. The first kappa shape index (κ1) is 52.2. The molecular formula is C42H86N6O6. The molecule has 0 rings (SSSR count). The second kappa shape index (κ2) is 24.7. The highest BCUT2D eigenvalue weighted by molar-refractivity contribution is 5.82. The summed E-state index contributed by atoms with van der Waals surface area (Å²) in [5, 5.41) is 12.4. The van der Waals surface area contributed by atoms with Gasteiger partial charge in [0, 0.05) is 51.3 Å². The van der Waals surface area contributed by atoms with Crippen LogP contribution in [0, 0.1) is 16.2 Å². The minimum atomic E-state index is -0.591. The Morgan fingerprint density at radius 3 is 1.63 bits per heavy atom. The van der Waals surface area contributed by atoms with Gasteiger partial charge in [-0.2, -0.15) is 0 Å². The van der Waals surface area contributed by atoms with E-state index < -0.39 is 17.1 Å². The number of carbonyl (C=O) groups excluding carboxylic acids is 3. The van der Waals surface area contributed by atoms with E-state index in [1.165, 1.54) is 0 Å². The second-order valence-electron chi connectivity index (χ2n) is 19.4. The molecule has 1 unspecified atom stereocenters. The predicted molar refractivity (Wildman–Crippen MR) is 222 cm³/mol. The van der Waals surface area contributed by atoms with Crippen LogP contribution in [0.25, 0.3) is 0 Å². The minimum absolute atomic E-state index is 0.000510. The third-order valence-corrected chi connectivity index (χ3v) is 10.4. The maximum absolute atomic E-state index is 13.1. The standard InChI is InChI=1S/C42H86N6O6/c1-37(2,22-29-53-42(11,12)21-27-45-13)31-47-34(49)18-20-41(9,10)54-30-24-39(5,6)36(51)46-26-16-19-40(7,8)52-28-23-38(3,4)32-48-35(50)33(44)17-14-15-25-43/h33,45H,14-32,43-44H2,1-13H3,(H,46,51)(H,47,49)(H,48,50). The Bertz CT molecular complexity index is 1080. The number of hydrogen-bond donors (Lipinski definition) is 6. The second-order valence-corrected chi connectivity index (χ2v) is 19.4. The molecule has 0 spiro atoms. The van der Waals surface area contributed by atoms with Crippen LogP contribution in [0.2, 0.25) is 0 Å². The summed E-state index contributed by atoms with van der Waals surface area (Å²) in [7, 11) is 1.95. The first-order valence-electron chi connectivity index (χ1n) is 20.6. The molecule has 0 aliphatic carbocycles. The van der Waals surface area contributed by atoms with Crippen LogP contribution in [0.4, 0.5) is 0 Å². The van der Waals surface area contributed by atoms with Gasteiger partial charge in [-0.15, -0.1) is 0 Å². The third kappa shape index (κ3) is 26.1. The average molecular weight is 771 g/mol. The van der Waals surface area contributed by atoms with Crippen molar-refractivity contribution < 1.29 is 28.6 Å². The van der Waals surface area contributed by atoms with Gasteiger partial charge in [0.2, 0.25) is 17.7 Å². The molecule has 0 bridgehead atoms. The van der Waals surface area contributed by atoms with E-state index in [0.717, 1.165) is 51.5 Å². The van der Waals surface area contributed by atoms with Gasteiger partial charge < -0.3 is 46.9 Å². The van der Waals surface area contributed by atoms with Gasteiger partial charge in [0.25, 0.3) is 0 Å². The van der Waals surface area contributed by atoms with E-state index in [4.69, 9.17) is 25.7 Å². The molecule has 320 valence electrons. The molecule has 0 saturated heterocycles. The molecule has 3 amide bonds. The lowest BCUT2D eigenvalue weighted by Crippen LogP contribution is -2.44. The molecule has 12 nitrogen and oxygen atoms in total. The van der Waals surface area contributed by atoms with Gasteiger partial charge in [-0.05, 0) is 130 Å². The highest BCUT2D eigenvalue weighted by Gasteiger charge is 2.30. The number of unbranched alkanes of at least 4 members (excludes halogenated alkanes) is 1. The summed E-state index contributed by atoms with van der Waals surface area (Å²) >= 11 is 0. The molecule has 8 N–H and O–H groups in total. The summed E-state index contributed by atoms with van der Waals surface area (Å²) in [5.74, 6) is -0.101. The SMILES string of the molecule is CNCCC(C)(C)OCCC(C)(C)CNC(=O)CCC(C)(C)OCCC(C)(C)C(=O)NCCCC(C)(C)OCCC(C)(C)CNC(=O)C(N)CCCCN. The van der Waals surface area contributed by atoms with Gasteiger partial charge >= 0.3 is 0 Å². The first-order chi connectivity index (χ1) is 24.8. The van der Waals surface area contributed by atoms with Gasteiger partial charge in [-0.1, -0.05) is 48.0 Å². The summed E-state index contributed by atoms with van der Waals surface area (Å²) in [4.78, 5) is 38.1. The van der Waals surface area contributed by atoms with Crippen molar-refractivity contribution in [1.29, 1.82) is 0 Å². The summed E-state index contributed by atoms with van der Waals surface area (Å²) in [5.41, 5.74) is 9.75. The van der Waals surface area contributed by atoms with E-state index in [1.54, 1.807) is 0 Å². The van der Waals surface area contributed by atoms with Crippen LogP contribution in [0.15, 0.2) is 0 Å². The number of nitrogens with one attached hydrogen (secondary N) is 4. The average Bonchev–Trinajstić information content (AvgIpc) is 3.05. The Hall–Kier alpha value is -1.83. The maximum atomic E-state index is 13.1. The third-order valence-electron chi connectivity index (χ3n) is 10.4. The molecule has 0 fully saturated rings. The van der Waals surface area contributed by atoms with Crippen molar-refractivity contribution in [3.8, 4) is 0 Å². The summed E-state index contributed by atoms with van der Waals surface area (Å²) in [6, 6.07) is -0.503. The predicted octanol–water partition coefficient (Wildman–Crippen LogP) is 5.60. The Morgan fingerprint density at radius 1 is 0.593 bits per heavy atom. The Labute approximate surface area is 330 Å². The van der Waals surface area contributed by atoms with E-state index in [2.05, 4.69) is 76.7 Å². The van der Waals surface area contributed by atoms with Crippen LogP contribution in [-0.2, 0) is 28.6 Å². The van der Waals surface area contributed by atoms with E-state index in [1.807, 2.05) is 34.7 Å². The highest BCUT2D eigenvalue weighted by atomic mass is 16.5. The van der Waals surface area contributed by atoms with Crippen LogP contribution < -0.4 is 32.7 Å². The monoisotopic (exact) mass is 771 g/mol. The zero-order chi connectivity index (χ0) is 41.7. The molecular weight excluding hydrogens is 684 g/mol. The van der Waals surface area contributed by atoms with Crippen molar-refractivity contribution in [2.75, 3.05) is 59.6 Å². The van der Waals surface area contributed by atoms with Crippen LogP contribution in [0.1, 0.15) is 154 Å². The summed E-state index contributed by atoms with van der Waals surface area (Å²) in [6.45, 7) is 29.6. The van der Waals surface area contributed by atoms with Crippen molar-refractivity contribution in [1.82, 2.24) is 21.3 Å². The van der Waals surface area contributed by atoms with Gasteiger partial charge in [0.1, 0.15) is 0 Å². The van der Waals surface area contributed by atoms with Gasteiger partial charge in [0.15, 0.2) is 0 Å². The van der Waals surface area contributed by atoms with Crippen molar-refractivity contribution in [3.63, 3.8) is 0 Å². The smallest absolute Gasteiger partial charge is 0.236 e. The lowest BCUT2D eigenvalue weighted by molar-refractivity contribution is -0.131. The molecule has 0 radical (unpaired) electrons. The normalized spacial score (nSPS) is 13.8. The fourth-order valence-electron chi connectivity index (χ4n) is 5.62. The van der Waals surface area contributed by atoms with Crippen LogP contribution >= 0.6 is 0 Å². The quantitative estimate of drug-likeness (QED) is 0.0476. The molecule has 0 aromatic heterocycles. The highest BCUT2D eigenvalue weighted by Crippen LogP contribution is 2.26. The molecule has 54 heavy (non-hydrogen) atoms. The molecule has 0 aromatic rings. The zero-order valence-corrected chi connectivity index (χ0v) is 37.1. The largest absolute Gasteiger partial charge is 0.376 e. The fourth-order valence-corrected chi connectivity index (χ4v) is 5.62. The summed E-state index contributed by atoms with van der Waals surface area (Å²) in [6.07, 6.45) is 8.09. The molecule has 0 saturated carbocycles. The van der Waals surface area contributed by atoms with Crippen molar-refractivity contribution in [3.05, 3.63) is 0 Å². The zero-order valence-electron chi connectivity index (χ0n) is 37.1. The topological polar surface area (TPSA) is 179 Å². The van der Waals surface area contributed by atoms with Crippen LogP contribution in [0.5, 0.6) is 0 Å². The van der Waals surface area contributed by atoms with Gasteiger partial charge in [0.05, 0.1) is 22.8 Å². The number of amides is 3.